The number of guanidine groups is 1. The van der Waals surface area contributed by atoms with Gasteiger partial charge in [-0.05, 0) is 26.7 Å². The van der Waals surface area contributed by atoms with Crippen LogP contribution in [0.4, 0.5) is 5.13 Å². The van der Waals surface area contributed by atoms with Crippen LogP contribution in [0.1, 0.15) is 32.4 Å². The van der Waals surface area contributed by atoms with Gasteiger partial charge in [-0.2, -0.15) is 0 Å². The Morgan fingerprint density at radius 1 is 1.30 bits per heavy atom. The first kappa shape index (κ1) is 15.1. The van der Waals surface area contributed by atoms with Crippen LogP contribution in [0, 0.1) is 0 Å². The van der Waals surface area contributed by atoms with E-state index >= 15 is 0 Å². The van der Waals surface area contributed by atoms with Gasteiger partial charge in [-0.3, -0.25) is 4.99 Å². The molecule has 0 amide bonds. The van der Waals surface area contributed by atoms with Gasteiger partial charge in [0.25, 0.3) is 0 Å². The third-order valence-corrected chi connectivity index (χ3v) is 4.19. The van der Waals surface area contributed by atoms with E-state index in [9.17, 15) is 0 Å². The monoisotopic (exact) mass is 295 g/mol. The van der Waals surface area contributed by atoms with E-state index in [0.29, 0.717) is 0 Å². The fourth-order valence-electron chi connectivity index (χ4n) is 2.26. The maximum atomic E-state index is 4.72. The minimum absolute atomic E-state index is 0.776. The van der Waals surface area contributed by atoms with Crippen molar-refractivity contribution in [1.29, 1.82) is 0 Å². The van der Waals surface area contributed by atoms with Crippen LogP contribution in [0.2, 0.25) is 0 Å². The van der Waals surface area contributed by atoms with Gasteiger partial charge in [-0.25, -0.2) is 4.98 Å². The van der Waals surface area contributed by atoms with Crippen molar-refractivity contribution in [2.75, 3.05) is 37.6 Å². The minimum Gasteiger partial charge on any atom is -0.357 e. The van der Waals surface area contributed by atoms with Gasteiger partial charge >= 0.3 is 0 Å². The van der Waals surface area contributed by atoms with E-state index in [1.165, 1.54) is 18.0 Å². The number of aromatic nitrogens is 1. The Hall–Kier alpha value is -1.30. The highest BCUT2D eigenvalue weighted by Crippen LogP contribution is 2.24. The van der Waals surface area contributed by atoms with E-state index in [1.54, 1.807) is 11.3 Å². The van der Waals surface area contributed by atoms with Gasteiger partial charge in [-0.1, -0.05) is 0 Å². The van der Waals surface area contributed by atoms with Gasteiger partial charge in [-0.15, -0.1) is 11.3 Å². The van der Waals surface area contributed by atoms with E-state index in [1.807, 2.05) is 0 Å². The van der Waals surface area contributed by atoms with E-state index < -0.39 is 0 Å². The van der Waals surface area contributed by atoms with Crippen LogP contribution < -0.4 is 15.5 Å². The maximum absolute atomic E-state index is 4.72. The Balaban J connectivity index is 1.82. The molecule has 6 heteroatoms. The van der Waals surface area contributed by atoms with E-state index in [0.717, 1.165) is 50.8 Å². The molecule has 1 aromatic rings. The Morgan fingerprint density at radius 2 is 2.00 bits per heavy atom. The lowest BCUT2D eigenvalue weighted by Gasteiger charge is -2.12. The van der Waals surface area contributed by atoms with Crippen LogP contribution in [0.25, 0.3) is 0 Å². The average Bonchev–Trinajstić information content (AvgIpc) is 3.10. The molecule has 1 aliphatic heterocycles. The van der Waals surface area contributed by atoms with Crippen molar-refractivity contribution in [3.05, 3.63) is 11.1 Å². The molecule has 1 aliphatic rings. The van der Waals surface area contributed by atoms with Crippen LogP contribution in [0.5, 0.6) is 0 Å². The molecule has 1 aromatic heterocycles. The summed E-state index contributed by atoms with van der Waals surface area (Å²) in [7, 11) is 0. The first-order valence-electron chi connectivity index (χ1n) is 7.55. The minimum atomic E-state index is 0.776. The molecule has 5 nitrogen and oxygen atoms in total. The van der Waals surface area contributed by atoms with E-state index in [-0.39, 0.29) is 0 Å². The van der Waals surface area contributed by atoms with Crippen molar-refractivity contribution in [3.63, 3.8) is 0 Å². The molecule has 0 saturated carbocycles. The second kappa shape index (κ2) is 8.09. The average molecular weight is 295 g/mol. The zero-order valence-corrected chi connectivity index (χ0v) is 13.3. The van der Waals surface area contributed by atoms with Crippen molar-refractivity contribution in [1.82, 2.24) is 15.6 Å². The number of aliphatic imine (C=N–C) groups is 1. The number of thiazole rings is 1. The van der Waals surface area contributed by atoms with Gasteiger partial charge in [0.2, 0.25) is 0 Å². The standard InChI is InChI=1S/C14H25N5S/c1-3-15-13(16-4-2)17-8-7-12-11-20-14(18-12)19-9-5-6-10-19/h11H,3-10H2,1-2H3,(H2,15,16,17). The molecule has 0 radical (unpaired) electrons. The van der Waals surface area contributed by atoms with Crippen LogP contribution in [-0.4, -0.2) is 43.7 Å². The lowest BCUT2D eigenvalue weighted by atomic mass is 10.3. The molecule has 0 unspecified atom stereocenters. The summed E-state index contributed by atoms with van der Waals surface area (Å²) in [5.74, 6) is 0.894. The molecule has 0 aromatic carbocycles. The predicted octanol–water partition coefficient (Wildman–Crippen LogP) is 1.86. The van der Waals surface area contributed by atoms with Crippen LogP contribution in [-0.2, 0) is 6.42 Å². The highest BCUT2D eigenvalue weighted by atomic mass is 32.1. The summed E-state index contributed by atoms with van der Waals surface area (Å²) in [6.45, 7) is 9.04. The highest BCUT2D eigenvalue weighted by molar-refractivity contribution is 7.13. The quantitative estimate of drug-likeness (QED) is 0.621. The highest BCUT2D eigenvalue weighted by Gasteiger charge is 2.15. The third-order valence-electron chi connectivity index (χ3n) is 3.24. The van der Waals surface area contributed by atoms with Crippen molar-refractivity contribution in [3.8, 4) is 0 Å². The molecule has 1 fully saturated rings. The fourth-order valence-corrected chi connectivity index (χ4v) is 3.17. The molecule has 0 atom stereocenters. The molecule has 2 rings (SSSR count). The number of hydrogen-bond donors (Lipinski definition) is 2. The molecule has 2 N–H and O–H groups in total. The van der Waals surface area contributed by atoms with Gasteiger partial charge < -0.3 is 15.5 Å². The second-order valence-corrected chi connectivity index (χ2v) is 5.69. The molecule has 20 heavy (non-hydrogen) atoms. The smallest absolute Gasteiger partial charge is 0.191 e. The number of rotatable bonds is 6. The van der Waals surface area contributed by atoms with Crippen molar-refractivity contribution < 1.29 is 0 Å². The number of hydrogen-bond acceptors (Lipinski definition) is 4. The molecule has 0 spiro atoms. The van der Waals surface area contributed by atoms with Crippen LogP contribution in [0.3, 0.4) is 0 Å². The van der Waals surface area contributed by atoms with E-state index in [2.05, 4.69) is 39.8 Å². The molecule has 0 aliphatic carbocycles. The predicted molar refractivity (Wildman–Crippen MR) is 86.9 cm³/mol. The van der Waals surface area contributed by atoms with Crippen molar-refractivity contribution in [2.45, 2.75) is 33.1 Å². The summed E-state index contributed by atoms with van der Waals surface area (Å²) in [6, 6.07) is 0. The summed E-state index contributed by atoms with van der Waals surface area (Å²) in [5.41, 5.74) is 1.16. The van der Waals surface area contributed by atoms with Crippen molar-refractivity contribution in [2.24, 2.45) is 4.99 Å². The van der Waals surface area contributed by atoms with Crippen molar-refractivity contribution >= 4 is 22.4 Å². The lowest BCUT2D eigenvalue weighted by molar-refractivity contribution is 0.828. The van der Waals surface area contributed by atoms with Gasteiger partial charge in [0.15, 0.2) is 11.1 Å². The Labute approximate surface area is 125 Å². The summed E-state index contributed by atoms with van der Waals surface area (Å²) < 4.78 is 0. The summed E-state index contributed by atoms with van der Waals surface area (Å²) in [4.78, 5) is 11.7. The largest absolute Gasteiger partial charge is 0.357 e. The van der Waals surface area contributed by atoms with E-state index in [4.69, 9.17) is 4.98 Å². The zero-order valence-electron chi connectivity index (χ0n) is 12.5. The Bertz CT molecular complexity index is 415. The van der Waals surface area contributed by atoms with Crippen LogP contribution in [0.15, 0.2) is 10.4 Å². The molecule has 0 bridgehead atoms. The summed E-state index contributed by atoms with van der Waals surface area (Å²) in [6.07, 6.45) is 3.51. The Morgan fingerprint density at radius 3 is 2.65 bits per heavy atom. The topological polar surface area (TPSA) is 52.6 Å². The molecule has 2 heterocycles. The molecule has 1 saturated heterocycles. The third kappa shape index (κ3) is 4.37. The summed E-state index contributed by atoms with van der Waals surface area (Å²) in [5, 5.41) is 9.82. The maximum Gasteiger partial charge on any atom is 0.191 e. The number of anilines is 1. The number of nitrogens with one attached hydrogen (secondary N) is 2. The number of nitrogens with zero attached hydrogens (tertiary/aromatic N) is 3. The fraction of sp³-hybridized carbons (Fsp3) is 0.714. The lowest BCUT2D eigenvalue weighted by Crippen LogP contribution is -2.37. The first-order chi connectivity index (χ1) is 9.83. The van der Waals surface area contributed by atoms with Gasteiger partial charge in [0, 0.05) is 44.5 Å². The SMILES string of the molecule is CCNC(=NCCc1csc(N2CCCC2)n1)NCC. The van der Waals surface area contributed by atoms with Crippen LogP contribution >= 0.6 is 11.3 Å². The molecular weight excluding hydrogens is 270 g/mol. The normalized spacial score (nSPS) is 14.4. The van der Waals surface area contributed by atoms with Gasteiger partial charge in [0.1, 0.15) is 0 Å². The zero-order chi connectivity index (χ0) is 14.2. The molecule has 112 valence electrons. The molecular formula is C14H25N5S. The van der Waals surface area contributed by atoms with Gasteiger partial charge in [0.05, 0.1) is 5.69 Å². The second-order valence-electron chi connectivity index (χ2n) is 4.86. The Kier molecular flexibility index (Phi) is 6.11. The first-order valence-corrected chi connectivity index (χ1v) is 8.43. The summed E-state index contributed by atoms with van der Waals surface area (Å²) >= 11 is 1.76.